The first kappa shape index (κ1) is 24.8. The zero-order valence-electron chi connectivity index (χ0n) is 20.6. The van der Waals surface area contributed by atoms with Gasteiger partial charge in [0.15, 0.2) is 0 Å². The normalized spacial score (nSPS) is 12.1. The van der Waals surface area contributed by atoms with Crippen LogP contribution in [0.25, 0.3) is 5.57 Å². The van der Waals surface area contributed by atoms with E-state index in [2.05, 4.69) is 122 Å². The lowest BCUT2D eigenvalue weighted by molar-refractivity contribution is 0.189. The fourth-order valence-electron chi connectivity index (χ4n) is 4.19. The molecule has 0 aromatic heterocycles. The molecular formula is C30H38N2O. The lowest BCUT2D eigenvalue weighted by Gasteiger charge is -2.31. The summed E-state index contributed by atoms with van der Waals surface area (Å²) in [5.74, 6) is 0.899. The molecule has 0 amide bonds. The van der Waals surface area contributed by atoms with Gasteiger partial charge in [0.25, 0.3) is 0 Å². The summed E-state index contributed by atoms with van der Waals surface area (Å²) in [4.78, 5) is 5.07. The van der Waals surface area contributed by atoms with Gasteiger partial charge in [0.2, 0.25) is 0 Å². The van der Waals surface area contributed by atoms with Crippen LogP contribution in [0.3, 0.4) is 0 Å². The van der Waals surface area contributed by atoms with E-state index < -0.39 is 0 Å². The smallest absolute Gasteiger partial charge is 0.118 e. The Morgan fingerprint density at radius 1 is 0.788 bits per heavy atom. The Morgan fingerprint density at radius 3 is 1.82 bits per heavy atom. The summed E-state index contributed by atoms with van der Waals surface area (Å²) >= 11 is 0. The zero-order valence-corrected chi connectivity index (χ0v) is 20.6. The maximum Gasteiger partial charge on any atom is 0.118 e. The van der Waals surface area contributed by atoms with Crippen LogP contribution in [0.5, 0.6) is 5.75 Å². The number of ether oxygens (including phenoxy) is 1. The summed E-state index contributed by atoms with van der Waals surface area (Å²) in [7, 11) is 1.72. The van der Waals surface area contributed by atoms with Crippen molar-refractivity contribution in [1.82, 2.24) is 9.80 Å². The molecule has 0 spiro atoms. The molecule has 3 heteroatoms. The highest BCUT2D eigenvalue weighted by Crippen LogP contribution is 2.26. The fraction of sp³-hybridized carbons (Fsp3) is 0.333. The minimum Gasteiger partial charge on any atom is -0.497 e. The Hall–Kier alpha value is -2.88. The molecule has 174 valence electrons. The third-order valence-corrected chi connectivity index (χ3v) is 6.44. The third-order valence-electron chi connectivity index (χ3n) is 6.44. The second-order valence-electron chi connectivity index (χ2n) is 8.32. The van der Waals surface area contributed by atoms with Crippen molar-refractivity contribution in [3.8, 4) is 5.75 Å². The molecule has 0 aliphatic carbocycles. The lowest BCUT2D eigenvalue weighted by atomic mass is 9.97. The molecule has 1 unspecified atom stereocenters. The van der Waals surface area contributed by atoms with Crippen molar-refractivity contribution in [3.05, 3.63) is 108 Å². The number of nitrogens with zero attached hydrogens (tertiary/aromatic N) is 2. The highest BCUT2D eigenvalue weighted by Gasteiger charge is 2.17. The van der Waals surface area contributed by atoms with Gasteiger partial charge in [-0.05, 0) is 54.4 Å². The van der Waals surface area contributed by atoms with E-state index in [1.54, 1.807) is 7.11 Å². The van der Waals surface area contributed by atoms with Crippen LogP contribution in [0.4, 0.5) is 0 Å². The monoisotopic (exact) mass is 442 g/mol. The minimum atomic E-state index is 0.301. The minimum absolute atomic E-state index is 0.301. The van der Waals surface area contributed by atoms with Gasteiger partial charge in [-0.25, -0.2) is 0 Å². The summed E-state index contributed by atoms with van der Waals surface area (Å²) in [5.41, 5.74) is 5.10. The van der Waals surface area contributed by atoms with Crippen LogP contribution in [0.15, 0.2) is 91.0 Å². The van der Waals surface area contributed by atoms with E-state index in [1.165, 1.54) is 22.3 Å². The van der Waals surface area contributed by atoms with Crippen molar-refractivity contribution in [2.24, 2.45) is 0 Å². The molecule has 1 atom stereocenters. The maximum atomic E-state index is 5.36. The Labute approximate surface area is 200 Å². The molecule has 3 rings (SSSR count). The molecule has 0 saturated carbocycles. The van der Waals surface area contributed by atoms with E-state index in [0.29, 0.717) is 6.04 Å². The summed E-state index contributed by atoms with van der Waals surface area (Å²) in [6.07, 6.45) is 2.40. The van der Waals surface area contributed by atoms with Gasteiger partial charge in [0.1, 0.15) is 5.75 Å². The van der Waals surface area contributed by atoms with Gasteiger partial charge in [0.05, 0.1) is 7.11 Å². The number of hydrogen-bond donors (Lipinski definition) is 0. The van der Waals surface area contributed by atoms with Gasteiger partial charge in [-0.15, -0.1) is 0 Å². The van der Waals surface area contributed by atoms with Gasteiger partial charge in [-0.1, -0.05) is 92.7 Å². The van der Waals surface area contributed by atoms with Crippen LogP contribution < -0.4 is 4.74 Å². The fourth-order valence-corrected chi connectivity index (χ4v) is 4.19. The van der Waals surface area contributed by atoms with Gasteiger partial charge >= 0.3 is 0 Å². The molecule has 0 bridgehead atoms. The molecule has 3 aromatic rings. The lowest BCUT2D eigenvalue weighted by Crippen LogP contribution is -2.36. The largest absolute Gasteiger partial charge is 0.497 e. The topological polar surface area (TPSA) is 15.7 Å². The molecular weight excluding hydrogens is 404 g/mol. The quantitative estimate of drug-likeness (QED) is 0.317. The van der Waals surface area contributed by atoms with Crippen LogP contribution >= 0.6 is 0 Å². The summed E-state index contributed by atoms with van der Waals surface area (Å²) < 4.78 is 5.36. The standard InChI is InChI=1S/C30H38N2O/c1-5-31(6-2)23-24-32(25(3)26-17-19-29(33-4)20-18-26)22-21-30(27-13-9-7-10-14-27)28-15-11-8-12-16-28/h7-21,25H,5-6,22-24H2,1-4H3. The molecule has 3 aromatic carbocycles. The van der Waals surface area contributed by atoms with Crippen LogP contribution in [-0.2, 0) is 0 Å². The molecule has 3 nitrogen and oxygen atoms in total. The van der Waals surface area contributed by atoms with E-state index in [-0.39, 0.29) is 0 Å². The van der Waals surface area contributed by atoms with E-state index in [4.69, 9.17) is 4.74 Å². The van der Waals surface area contributed by atoms with Crippen molar-refractivity contribution in [3.63, 3.8) is 0 Å². The summed E-state index contributed by atoms with van der Waals surface area (Å²) in [6.45, 7) is 11.9. The van der Waals surface area contributed by atoms with E-state index in [1.807, 2.05) is 0 Å². The molecule has 0 N–H and O–H groups in total. The van der Waals surface area contributed by atoms with E-state index in [0.717, 1.165) is 38.5 Å². The maximum absolute atomic E-state index is 5.36. The molecule has 0 saturated heterocycles. The molecule has 33 heavy (non-hydrogen) atoms. The third kappa shape index (κ3) is 7.05. The second-order valence-corrected chi connectivity index (χ2v) is 8.32. The highest BCUT2D eigenvalue weighted by atomic mass is 16.5. The highest BCUT2D eigenvalue weighted by molar-refractivity contribution is 5.79. The SMILES string of the molecule is CCN(CC)CCN(CC=C(c1ccccc1)c1ccccc1)C(C)c1ccc(OC)cc1. The van der Waals surface area contributed by atoms with Crippen molar-refractivity contribution in [2.45, 2.75) is 26.8 Å². The van der Waals surface area contributed by atoms with Crippen molar-refractivity contribution in [2.75, 3.05) is 39.8 Å². The van der Waals surface area contributed by atoms with Crippen molar-refractivity contribution in [1.29, 1.82) is 0 Å². The summed E-state index contributed by atoms with van der Waals surface area (Å²) in [6, 6.07) is 30.2. The van der Waals surface area contributed by atoms with Crippen molar-refractivity contribution < 1.29 is 4.74 Å². The van der Waals surface area contributed by atoms with Crippen LogP contribution in [0.2, 0.25) is 0 Å². The number of methoxy groups -OCH3 is 1. The second kappa shape index (κ2) is 13.0. The number of benzene rings is 3. The number of rotatable bonds is 12. The Morgan fingerprint density at radius 2 is 1.33 bits per heavy atom. The van der Waals surface area contributed by atoms with E-state index >= 15 is 0 Å². The van der Waals surface area contributed by atoms with Gasteiger partial charge < -0.3 is 9.64 Å². The Balaban J connectivity index is 1.89. The first-order valence-corrected chi connectivity index (χ1v) is 12.1. The average molecular weight is 443 g/mol. The molecule has 0 aliphatic heterocycles. The van der Waals surface area contributed by atoms with Gasteiger partial charge in [0, 0.05) is 25.7 Å². The Bertz CT molecular complexity index is 922. The van der Waals surface area contributed by atoms with Gasteiger partial charge in [-0.2, -0.15) is 0 Å². The molecule has 0 fully saturated rings. The van der Waals surface area contributed by atoms with Gasteiger partial charge in [-0.3, -0.25) is 4.90 Å². The van der Waals surface area contributed by atoms with Crippen LogP contribution in [0, 0.1) is 0 Å². The van der Waals surface area contributed by atoms with E-state index in [9.17, 15) is 0 Å². The van der Waals surface area contributed by atoms with Crippen LogP contribution in [-0.4, -0.2) is 49.6 Å². The molecule has 0 heterocycles. The molecule has 0 aliphatic rings. The summed E-state index contributed by atoms with van der Waals surface area (Å²) in [5, 5.41) is 0. The predicted octanol–water partition coefficient (Wildman–Crippen LogP) is 6.53. The first-order chi connectivity index (χ1) is 16.2. The van der Waals surface area contributed by atoms with Crippen molar-refractivity contribution >= 4 is 5.57 Å². The number of likely N-dealkylation sites (N-methyl/N-ethyl adjacent to an activating group) is 1. The predicted molar refractivity (Wildman–Crippen MR) is 141 cm³/mol. The Kier molecular flexibility index (Phi) is 9.74. The number of hydrogen-bond acceptors (Lipinski definition) is 3. The van der Waals surface area contributed by atoms with Crippen LogP contribution in [0.1, 0.15) is 43.5 Å². The first-order valence-electron chi connectivity index (χ1n) is 12.1. The molecule has 0 radical (unpaired) electrons. The zero-order chi connectivity index (χ0) is 23.5. The average Bonchev–Trinajstić information content (AvgIpc) is 2.89.